The molecule has 0 saturated carbocycles. The number of aromatic nitrogens is 2. The Labute approximate surface area is 126 Å². The Kier molecular flexibility index (Phi) is 3.87. The van der Waals surface area contributed by atoms with E-state index in [1.165, 1.54) is 11.3 Å². The van der Waals surface area contributed by atoms with Gasteiger partial charge in [0.25, 0.3) is 5.91 Å². The van der Waals surface area contributed by atoms with Gasteiger partial charge in [0.05, 0.1) is 11.1 Å². The molecule has 3 aromatic rings. The normalized spacial score (nSPS) is 12.2. The monoisotopic (exact) mass is 301 g/mol. The van der Waals surface area contributed by atoms with E-state index in [4.69, 9.17) is 4.42 Å². The average molecular weight is 301 g/mol. The van der Waals surface area contributed by atoms with Crippen molar-refractivity contribution < 1.29 is 9.21 Å². The van der Waals surface area contributed by atoms with E-state index in [0.29, 0.717) is 11.4 Å². The number of hydrogen-bond acceptors (Lipinski definition) is 4. The Morgan fingerprint density at radius 2 is 2.43 bits per heavy atom. The first-order valence-corrected chi connectivity index (χ1v) is 7.48. The second-order valence-electron chi connectivity index (χ2n) is 4.72. The van der Waals surface area contributed by atoms with Crippen molar-refractivity contribution in [2.24, 2.45) is 0 Å². The van der Waals surface area contributed by atoms with Crippen LogP contribution in [0.5, 0.6) is 0 Å². The van der Waals surface area contributed by atoms with Crippen molar-refractivity contribution in [1.82, 2.24) is 15.1 Å². The van der Waals surface area contributed by atoms with Gasteiger partial charge in [-0.25, -0.2) is 0 Å². The molecule has 3 heterocycles. The van der Waals surface area contributed by atoms with E-state index in [0.717, 1.165) is 11.3 Å². The van der Waals surface area contributed by atoms with Crippen LogP contribution in [0.15, 0.2) is 52.7 Å². The minimum absolute atomic E-state index is 0.0724. The highest BCUT2D eigenvalue weighted by atomic mass is 32.1. The molecular formula is C15H15N3O2S. The quantitative estimate of drug-likeness (QED) is 0.788. The van der Waals surface area contributed by atoms with Crippen LogP contribution >= 0.6 is 11.3 Å². The van der Waals surface area contributed by atoms with E-state index in [2.05, 4.69) is 10.4 Å². The zero-order valence-electron chi connectivity index (χ0n) is 11.5. The Balaban J connectivity index is 1.72. The predicted molar refractivity (Wildman–Crippen MR) is 80.5 cm³/mol. The zero-order valence-corrected chi connectivity index (χ0v) is 12.3. The molecule has 0 bridgehead atoms. The molecule has 1 amide bonds. The smallest absolute Gasteiger partial charge is 0.261 e. The fraction of sp³-hybridized carbons (Fsp3) is 0.200. The maximum absolute atomic E-state index is 12.1. The topological polar surface area (TPSA) is 60.1 Å². The number of nitrogens with zero attached hydrogens (tertiary/aromatic N) is 2. The third kappa shape index (κ3) is 3.05. The molecule has 0 saturated heterocycles. The average Bonchev–Trinajstić information content (AvgIpc) is 3.21. The van der Waals surface area contributed by atoms with Gasteiger partial charge < -0.3 is 9.73 Å². The lowest BCUT2D eigenvalue weighted by molar-refractivity contribution is 0.0952. The third-order valence-corrected chi connectivity index (χ3v) is 4.17. The molecule has 1 N–H and O–H groups in total. The molecule has 108 valence electrons. The van der Waals surface area contributed by atoms with E-state index in [9.17, 15) is 4.79 Å². The lowest BCUT2D eigenvalue weighted by Crippen LogP contribution is -2.31. The van der Waals surface area contributed by atoms with Crippen LogP contribution in [-0.4, -0.2) is 22.2 Å². The van der Waals surface area contributed by atoms with Crippen LogP contribution in [0, 0.1) is 6.92 Å². The van der Waals surface area contributed by atoms with Crippen molar-refractivity contribution in [3.8, 4) is 0 Å². The Hall–Kier alpha value is -2.34. The number of aryl methyl sites for hydroxylation is 1. The summed E-state index contributed by atoms with van der Waals surface area (Å²) < 4.78 is 7.23. The second kappa shape index (κ2) is 5.97. The number of nitrogens with one attached hydrogen (secondary N) is 1. The number of rotatable bonds is 5. The highest BCUT2D eigenvalue weighted by Crippen LogP contribution is 2.18. The van der Waals surface area contributed by atoms with Crippen LogP contribution in [0.2, 0.25) is 0 Å². The van der Waals surface area contributed by atoms with Crippen molar-refractivity contribution in [3.63, 3.8) is 0 Å². The van der Waals surface area contributed by atoms with E-state index < -0.39 is 0 Å². The number of furan rings is 1. The molecule has 0 aromatic carbocycles. The van der Waals surface area contributed by atoms with Crippen LogP contribution in [0.1, 0.15) is 27.0 Å². The van der Waals surface area contributed by atoms with Gasteiger partial charge in [-0.3, -0.25) is 9.48 Å². The molecule has 0 spiro atoms. The maximum Gasteiger partial charge on any atom is 0.261 e. The summed E-state index contributed by atoms with van der Waals surface area (Å²) >= 11 is 1.45. The summed E-state index contributed by atoms with van der Waals surface area (Å²) in [5, 5.41) is 9.14. The minimum Gasteiger partial charge on any atom is -0.467 e. The summed E-state index contributed by atoms with van der Waals surface area (Å²) in [6.07, 6.45) is 5.19. The number of thiophene rings is 1. The molecule has 0 aliphatic rings. The molecule has 6 heteroatoms. The molecule has 5 nitrogen and oxygen atoms in total. The van der Waals surface area contributed by atoms with Gasteiger partial charge in [0.1, 0.15) is 11.8 Å². The van der Waals surface area contributed by atoms with Gasteiger partial charge in [0.2, 0.25) is 0 Å². The first kappa shape index (κ1) is 13.6. The standard InChI is InChI=1S/C15H15N3O2S/c1-11-8-14(21-10-11)15(19)16-9-12(13-4-2-7-20-13)18-6-3-5-17-18/h2-8,10,12H,9H2,1H3,(H,16,19). The number of carbonyl (C=O) groups is 1. The molecule has 1 atom stereocenters. The molecule has 21 heavy (non-hydrogen) atoms. The second-order valence-corrected chi connectivity index (χ2v) is 5.63. The maximum atomic E-state index is 12.1. The highest BCUT2D eigenvalue weighted by Gasteiger charge is 2.18. The van der Waals surface area contributed by atoms with Crippen molar-refractivity contribution in [2.75, 3.05) is 6.54 Å². The summed E-state index contributed by atoms with van der Waals surface area (Å²) in [6.45, 7) is 2.40. The lowest BCUT2D eigenvalue weighted by atomic mass is 10.2. The summed E-state index contributed by atoms with van der Waals surface area (Å²) in [6, 6.07) is 7.29. The van der Waals surface area contributed by atoms with Crippen LogP contribution in [0.3, 0.4) is 0 Å². The fourth-order valence-electron chi connectivity index (χ4n) is 2.10. The number of amides is 1. The largest absolute Gasteiger partial charge is 0.467 e. The lowest BCUT2D eigenvalue weighted by Gasteiger charge is -2.15. The van der Waals surface area contributed by atoms with E-state index in [1.54, 1.807) is 17.1 Å². The highest BCUT2D eigenvalue weighted by molar-refractivity contribution is 7.12. The van der Waals surface area contributed by atoms with Gasteiger partial charge in [0, 0.05) is 18.9 Å². The zero-order chi connectivity index (χ0) is 14.7. The Bertz CT molecular complexity index is 667. The summed E-state index contributed by atoms with van der Waals surface area (Å²) in [5.41, 5.74) is 1.10. The van der Waals surface area contributed by atoms with Crippen molar-refractivity contribution >= 4 is 17.2 Å². The van der Waals surface area contributed by atoms with Gasteiger partial charge in [0.15, 0.2) is 0 Å². The first-order valence-electron chi connectivity index (χ1n) is 6.60. The van der Waals surface area contributed by atoms with E-state index in [1.807, 2.05) is 42.8 Å². The Morgan fingerprint density at radius 3 is 3.05 bits per heavy atom. The van der Waals surface area contributed by atoms with Gasteiger partial charge in [-0.15, -0.1) is 11.3 Å². The van der Waals surface area contributed by atoms with Crippen LogP contribution in [0.4, 0.5) is 0 Å². The van der Waals surface area contributed by atoms with Gasteiger partial charge >= 0.3 is 0 Å². The van der Waals surface area contributed by atoms with Gasteiger partial charge in [-0.1, -0.05) is 0 Å². The molecule has 1 unspecified atom stereocenters. The molecule has 3 aromatic heterocycles. The number of carbonyl (C=O) groups excluding carboxylic acids is 1. The molecule has 0 radical (unpaired) electrons. The molecule has 0 fully saturated rings. The van der Waals surface area contributed by atoms with Crippen molar-refractivity contribution in [2.45, 2.75) is 13.0 Å². The minimum atomic E-state index is -0.153. The first-order chi connectivity index (χ1) is 10.2. The van der Waals surface area contributed by atoms with Crippen LogP contribution < -0.4 is 5.32 Å². The molecule has 0 aliphatic carbocycles. The van der Waals surface area contributed by atoms with Crippen molar-refractivity contribution in [1.29, 1.82) is 0 Å². The van der Waals surface area contributed by atoms with Gasteiger partial charge in [-0.05, 0) is 42.1 Å². The SMILES string of the molecule is Cc1csc(C(=O)NCC(c2ccco2)n2cccn2)c1. The molecule has 0 aliphatic heterocycles. The Morgan fingerprint density at radius 1 is 1.52 bits per heavy atom. The third-order valence-electron chi connectivity index (χ3n) is 3.13. The van der Waals surface area contributed by atoms with E-state index in [-0.39, 0.29) is 11.9 Å². The van der Waals surface area contributed by atoms with Crippen LogP contribution in [0.25, 0.3) is 0 Å². The van der Waals surface area contributed by atoms with E-state index >= 15 is 0 Å². The van der Waals surface area contributed by atoms with Gasteiger partial charge in [-0.2, -0.15) is 5.10 Å². The summed E-state index contributed by atoms with van der Waals surface area (Å²) in [7, 11) is 0. The number of hydrogen-bond donors (Lipinski definition) is 1. The van der Waals surface area contributed by atoms with Crippen molar-refractivity contribution in [3.05, 3.63) is 64.5 Å². The van der Waals surface area contributed by atoms with Crippen LogP contribution in [-0.2, 0) is 0 Å². The predicted octanol–water partition coefficient (Wildman–Crippen LogP) is 2.87. The summed E-state index contributed by atoms with van der Waals surface area (Å²) in [5.74, 6) is 0.693. The molecule has 3 rings (SSSR count). The fourth-order valence-corrected chi connectivity index (χ4v) is 2.91. The summed E-state index contributed by atoms with van der Waals surface area (Å²) in [4.78, 5) is 12.9. The molecular weight excluding hydrogens is 286 g/mol.